The lowest BCUT2D eigenvalue weighted by Gasteiger charge is -2.22. The number of aromatic nitrogens is 3. The summed E-state index contributed by atoms with van der Waals surface area (Å²) < 4.78 is 5.60. The van der Waals surface area contributed by atoms with E-state index in [9.17, 15) is 0 Å². The molecule has 1 fully saturated rings. The molecular weight excluding hydrogens is 300 g/mol. The van der Waals surface area contributed by atoms with Crippen LogP contribution in [0.4, 0.5) is 0 Å². The van der Waals surface area contributed by atoms with E-state index < -0.39 is 0 Å². The van der Waals surface area contributed by atoms with Gasteiger partial charge in [-0.1, -0.05) is 5.16 Å². The van der Waals surface area contributed by atoms with Crippen LogP contribution >= 0.6 is 0 Å². The van der Waals surface area contributed by atoms with E-state index in [4.69, 9.17) is 9.51 Å². The van der Waals surface area contributed by atoms with E-state index in [1.165, 1.54) is 73.4 Å². The molecule has 0 aromatic carbocycles. The van der Waals surface area contributed by atoms with Gasteiger partial charge in [0, 0.05) is 24.2 Å². The minimum Gasteiger partial charge on any atom is -0.361 e. The quantitative estimate of drug-likeness (QED) is 0.938. The van der Waals surface area contributed by atoms with E-state index in [1.54, 1.807) is 0 Å². The second kappa shape index (κ2) is 6.03. The highest BCUT2D eigenvalue weighted by Gasteiger charge is 2.31. The van der Waals surface area contributed by atoms with Crippen LogP contribution in [0.1, 0.15) is 78.8 Å². The molecule has 0 radical (unpaired) electrons. The number of rotatable bonds is 3. The Morgan fingerprint density at radius 1 is 1.04 bits per heavy atom. The lowest BCUT2D eigenvalue weighted by molar-refractivity contribution is 0.232. The molecular formula is C19H26N4O. The van der Waals surface area contributed by atoms with Gasteiger partial charge in [-0.15, -0.1) is 0 Å². The summed E-state index contributed by atoms with van der Waals surface area (Å²) in [5, 5.41) is 4.41. The van der Waals surface area contributed by atoms with Crippen molar-refractivity contribution < 1.29 is 4.52 Å². The monoisotopic (exact) mass is 326 g/mol. The van der Waals surface area contributed by atoms with Crippen molar-refractivity contribution in [3.63, 3.8) is 0 Å². The molecule has 1 atom stereocenters. The molecule has 2 aromatic heterocycles. The van der Waals surface area contributed by atoms with Gasteiger partial charge in [-0.2, -0.15) is 0 Å². The number of nitrogens with zero attached hydrogens (tertiary/aromatic N) is 3. The number of H-pyrrole nitrogens is 1. The van der Waals surface area contributed by atoms with Gasteiger partial charge in [0.05, 0.1) is 11.7 Å². The number of nitrogens with one attached hydrogen (secondary N) is 1. The highest BCUT2D eigenvalue weighted by molar-refractivity contribution is 5.26. The maximum Gasteiger partial charge on any atom is 0.140 e. The van der Waals surface area contributed by atoms with Gasteiger partial charge in [0.2, 0.25) is 0 Å². The third-order valence-corrected chi connectivity index (χ3v) is 6.04. The van der Waals surface area contributed by atoms with Crippen LogP contribution in [0.5, 0.6) is 0 Å². The Morgan fingerprint density at radius 3 is 2.88 bits per heavy atom. The Hall–Kier alpha value is -1.62. The largest absolute Gasteiger partial charge is 0.361 e. The van der Waals surface area contributed by atoms with Crippen molar-refractivity contribution in [3.05, 3.63) is 34.2 Å². The minimum absolute atomic E-state index is 0.423. The van der Waals surface area contributed by atoms with Gasteiger partial charge in [-0.05, 0) is 64.3 Å². The molecule has 5 heteroatoms. The second-order valence-electron chi connectivity index (χ2n) is 7.62. The van der Waals surface area contributed by atoms with Crippen molar-refractivity contribution in [2.24, 2.45) is 0 Å². The Kier molecular flexibility index (Phi) is 3.69. The van der Waals surface area contributed by atoms with Crippen LogP contribution in [0, 0.1) is 0 Å². The molecule has 0 amide bonds. The Bertz CT molecular complexity index is 708. The van der Waals surface area contributed by atoms with Crippen LogP contribution in [0.25, 0.3) is 0 Å². The molecule has 128 valence electrons. The topological polar surface area (TPSA) is 58.0 Å². The number of likely N-dealkylation sites (tertiary alicyclic amines) is 1. The zero-order valence-corrected chi connectivity index (χ0v) is 14.3. The average molecular weight is 326 g/mol. The normalized spacial score (nSPS) is 24.1. The molecule has 5 rings (SSSR count). The molecule has 5 nitrogen and oxygen atoms in total. The third-order valence-electron chi connectivity index (χ3n) is 6.04. The van der Waals surface area contributed by atoms with Crippen molar-refractivity contribution in [2.75, 3.05) is 6.54 Å². The van der Waals surface area contributed by atoms with E-state index in [0.717, 1.165) is 38.1 Å². The lowest BCUT2D eigenvalue weighted by atomic mass is 9.96. The standard InChI is InChI=1S/C19H26N4O/c1-4-10-18-13(6-1)16(22-24-18)12-23-11-5-9-17(23)19-20-14-7-2-3-8-15(14)21-19/h17H,1-12H2,(H,20,21)/t17-/m1/s1. The summed E-state index contributed by atoms with van der Waals surface area (Å²) in [7, 11) is 0. The number of hydrogen-bond acceptors (Lipinski definition) is 4. The van der Waals surface area contributed by atoms with Crippen molar-refractivity contribution >= 4 is 0 Å². The first-order valence-corrected chi connectivity index (χ1v) is 9.66. The average Bonchev–Trinajstić information content (AvgIpc) is 3.33. The van der Waals surface area contributed by atoms with Crippen LogP contribution in [-0.2, 0) is 32.2 Å². The number of hydrogen-bond donors (Lipinski definition) is 1. The fourth-order valence-corrected chi connectivity index (χ4v) is 4.72. The van der Waals surface area contributed by atoms with Crippen molar-refractivity contribution in [3.8, 4) is 0 Å². The summed E-state index contributed by atoms with van der Waals surface area (Å²) in [6.45, 7) is 2.05. The number of imidazole rings is 1. The molecule has 2 aliphatic carbocycles. The fraction of sp³-hybridized carbons (Fsp3) is 0.684. The Morgan fingerprint density at radius 2 is 1.92 bits per heavy atom. The summed E-state index contributed by atoms with van der Waals surface area (Å²) in [6.07, 6.45) is 12.1. The Labute approximate surface area is 142 Å². The first kappa shape index (κ1) is 14.7. The predicted octanol–water partition coefficient (Wildman–Crippen LogP) is 3.49. The van der Waals surface area contributed by atoms with E-state index >= 15 is 0 Å². The summed E-state index contributed by atoms with van der Waals surface area (Å²) in [5.74, 6) is 2.33. The predicted molar refractivity (Wildman–Crippen MR) is 90.8 cm³/mol. The molecule has 1 saturated heterocycles. The van der Waals surface area contributed by atoms with Crippen LogP contribution < -0.4 is 0 Å². The molecule has 1 aliphatic heterocycles. The summed E-state index contributed by atoms with van der Waals surface area (Å²) in [5.41, 5.74) is 5.28. The maximum absolute atomic E-state index is 5.60. The third kappa shape index (κ3) is 2.50. The summed E-state index contributed by atoms with van der Waals surface area (Å²) in [4.78, 5) is 11.2. The molecule has 3 heterocycles. The zero-order valence-electron chi connectivity index (χ0n) is 14.3. The highest BCUT2D eigenvalue weighted by Crippen LogP contribution is 2.34. The number of aromatic amines is 1. The van der Waals surface area contributed by atoms with Gasteiger partial charge in [0.15, 0.2) is 0 Å². The molecule has 0 bridgehead atoms. The Balaban J connectivity index is 1.38. The van der Waals surface area contributed by atoms with Crippen LogP contribution in [0.3, 0.4) is 0 Å². The first-order chi connectivity index (χ1) is 11.9. The van der Waals surface area contributed by atoms with E-state index in [1.807, 2.05) is 0 Å². The fourth-order valence-electron chi connectivity index (χ4n) is 4.72. The smallest absolute Gasteiger partial charge is 0.140 e. The van der Waals surface area contributed by atoms with Gasteiger partial charge in [0.1, 0.15) is 17.3 Å². The van der Waals surface area contributed by atoms with E-state index in [0.29, 0.717) is 6.04 Å². The van der Waals surface area contributed by atoms with E-state index in [-0.39, 0.29) is 0 Å². The van der Waals surface area contributed by atoms with Crippen molar-refractivity contribution in [2.45, 2.75) is 76.8 Å². The van der Waals surface area contributed by atoms with Crippen LogP contribution in [0.15, 0.2) is 4.52 Å². The van der Waals surface area contributed by atoms with Crippen molar-refractivity contribution in [1.82, 2.24) is 20.0 Å². The minimum atomic E-state index is 0.423. The molecule has 0 saturated carbocycles. The van der Waals surface area contributed by atoms with Gasteiger partial charge in [0.25, 0.3) is 0 Å². The molecule has 2 aromatic rings. The summed E-state index contributed by atoms with van der Waals surface area (Å²) in [6, 6.07) is 0.423. The molecule has 3 aliphatic rings. The molecule has 0 unspecified atom stereocenters. The number of fused-ring (bicyclic) bond motifs is 2. The molecule has 1 N–H and O–H groups in total. The van der Waals surface area contributed by atoms with Gasteiger partial charge in [-0.25, -0.2) is 4.98 Å². The molecule has 0 spiro atoms. The van der Waals surface area contributed by atoms with Crippen LogP contribution in [-0.4, -0.2) is 26.6 Å². The van der Waals surface area contributed by atoms with Crippen LogP contribution in [0.2, 0.25) is 0 Å². The highest BCUT2D eigenvalue weighted by atomic mass is 16.5. The van der Waals surface area contributed by atoms with Gasteiger partial charge >= 0.3 is 0 Å². The maximum atomic E-state index is 5.60. The lowest BCUT2D eigenvalue weighted by Crippen LogP contribution is -2.24. The van der Waals surface area contributed by atoms with E-state index in [2.05, 4.69) is 15.0 Å². The second-order valence-corrected chi connectivity index (χ2v) is 7.62. The first-order valence-electron chi connectivity index (χ1n) is 9.66. The van der Waals surface area contributed by atoms with Crippen molar-refractivity contribution in [1.29, 1.82) is 0 Å². The number of aryl methyl sites for hydroxylation is 3. The van der Waals surface area contributed by atoms with Gasteiger partial charge < -0.3 is 9.51 Å². The summed E-state index contributed by atoms with van der Waals surface area (Å²) >= 11 is 0. The SMILES string of the molecule is C1CCc2[nH]c([C@H]3CCCN3Cc3noc4c3CCCC4)nc2C1. The zero-order chi connectivity index (χ0) is 15.9. The van der Waals surface area contributed by atoms with Gasteiger partial charge in [-0.3, -0.25) is 4.90 Å². The molecule has 24 heavy (non-hydrogen) atoms.